The van der Waals surface area contributed by atoms with Crippen LogP contribution in [0, 0.1) is 16.7 Å². The van der Waals surface area contributed by atoms with Crippen molar-refractivity contribution in [2.75, 3.05) is 13.6 Å². The van der Waals surface area contributed by atoms with E-state index in [0.29, 0.717) is 32.2 Å². The van der Waals surface area contributed by atoms with E-state index in [4.69, 9.17) is 0 Å². The Morgan fingerprint density at radius 2 is 2.11 bits per heavy atom. The number of piperidine rings is 1. The van der Waals surface area contributed by atoms with E-state index in [1.54, 1.807) is 11.9 Å². The summed E-state index contributed by atoms with van der Waals surface area (Å²) in [6, 6.07) is 2.22. The second-order valence-corrected chi connectivity index (χ2v) is 5.74. The second-order valence-electron chi connectivity index (χ2n) is 5.74. The van der Waals surface area contributed by atoms with Gasteiger partial charge in [-0.05, 0) is 19.3 Å². The zero-order valence-corrected chi connectivity index (χ0v) is 11.4. The normalized spacial score (nSPS) is 26.6. The summed E-state index contributed by atoms with van der Waals surface area (Å²) in [5.74, 6) is -0.0133. The quantitative estimate of drug-likeness (QED) is 0.813. The molecule has 1 heterocycles. The molecule has 19 heavy (non-hydrogen) atoms. The Labute approximate surface area is 113 Å². The van der Waals surface area contributed by atoms with E-state index in [1.165, 1.54) is 0 Å². The highest BCUT2D eigenvalue weighted by Crippen LogP contribution is 2.36. The van der Waals surface area contributed by atoms with Crippen LogP contribution in [0.2, 0.25) is 0 Å². The Bertz CT molecular complexity index is 407. The van der Waals surface area contributed by atoms with Gasteiger partial charge in [-0.25, -0.2) is 0 Å². The standard InChI is InChI=1S/C14H21N3O2/c1-17-9-11(5-6-12(17)18)16-13(19)14(10-15)7-3-2-4-8-14/h11H,2-9H2,1H3,(H,16,19). The molecule has 2 aliphatic rings. The minimum atomic E-state index is -0.835. The molecule has 1 aliphatic carbocycles. The number of hydrogen-bond donors (Lipinski definition) is 1. The zero-order chi connectivity index (χ0) is 13.9. The number of carbonyl (C=O) groups excluding carboxylic acids is 2. The van der Waals surface area contributed by atoms with Gasteiger partial charge in [0.2, 0.25) is 11.8 Å². The summed E-state index contributed by atoms with van der Waals surface area (Å²) in [5, 5.41) is 12.3. The first-order chi connectivity index (χ1) is 9.07. The van der Waals surface area contributed by atoms with Gasteiger partial charge in [0.25, 0.3) is 0 Å². The lowest BCUT2D eigenvalue weighted by atomic mass is 9.74. The van der Waals surface area contributed by atoms with Crippen LogP contribution < -0.4 is 5.32 Å². The average molecular weight is 263 g/mol. The molecule has 1 atom stereocenters. The maximum absolute atomic E-state index is 12.4. The van der Waals surface area contributed by atoms with Crippen molar-refractivity contribution in [3.8, 4) is 6.07 Å². The van der Waals surface area contributed by atoms with Gasteiger partial charge in [-0.15, -0.1) is 0 Å². The number of carbonyl (C=O) groups is 2. The number of hydrogen-bond acceptors (Lipinski definition) is 3. The monoisotopic (exact) mass is 263 g/mol. The SMILES string of the molecule is CN1CC(NC(=O)C2(C#N)CCCCC2)CCC1=O. The Kier molecular flexibility index (Phi) is 4.08. The Balaban J connectivity index is 1.96. The highest BCUT2D eigenvalue weighted by molar-refractivity contribution is 5.86. The van der Waals surface area contributed by atoms with Crippen LogP contribution >= 0.6 is 0 Å². The first kappa shape index (κ1) is 13.9. The molecule has 1 unspecified atom stereocenters. The Morgan fingerprint density at radius 3 is 2.68 bits per heavy atom. The van der Waals surface area contributed by atoms with E-state index in [-0.39, 0.29) is 17.9 Å². The summed E-state index contributed by atoms with van der Waals surface area (Å²) in [6.07, 6.45) is 5.48. The van der Waals surface area contributed by atoms with Gasteiger partial charge in [0.15, 0.2) is 0 Å². The van der Waals surface area contributed by atoms with E-state index < -0.39 is 5.41 Å². The van der Waals surface area contributed by atoms with Crippen molar-refractivity contribution >= 4 is 11.8 Å². The van der Waals surface area contributed by atoms with Gasteiger partial charge in [-0.3, -0.25) is 9.59 Å². The minimum absolute atomic E-state index is 0.0117. The molecule has 2 amide bonds. The number of nitriles is 1. The molecule has 1 aliphatic heterocycles. The number of nitrogens with zero attached hydrogens (tertiary/aromatic N) is 2. The molecular weight excluding hydrogens is 242 g/mol. The molecular formula is C14H21N3O2. The van der Waals surface area contributed by atoms with Crippen LogP contribution in [0.4, 0.5) is 0 Å². The molecule has 1 N–H and O–H groups in total. The van der Waals surface area contributed by atoms with Crippen LogP contribution in [-0.4, -0.2) is 36.3 Å². The van der Waals surface area contributed by atoms with Crippen molar-refractivity contribution in [1.29, 1.82) is 5.26 Å². The van der Waals surface area contributed by atoms with Gasteiger partial charge in [0.05, 0.1) is 6.07 Å². The fourth-order valence-electron chi connectivity index (χ4n) is 3.00. The number of likely N-dealkylation sites (tertiary alicyclic amines) is 1. The van der Waals surface area contributed by atoms with E-state index in [9.17, 15) is 14.9 Å². The summed E-state index contributed by atoms with van der Waals surface area (Å²) in [6.45, 7) is 0.548. The molecule has 0 aromatic heterocycles. The van der Waals surface area contributed by atoms with Gasteiger partial charge >= 0.3 is 0 Å². The number of nitrogens with one attached hydrogen (secondary N) is 1. The third kappa shape index (κ3) is 2.89. The van der Waals surface area contributed by atoms with Crippen LogP contribution in [0.15, 0.2) is 0 Å². The first-order valence-corrected chi connectivity index (χ1v) is 7.03. The van der Waals surface area contributed by atoms with Crippen molar-refractivity contribution in [3.63, 3.8) is 0 Å². The Morgan fingerprint density at radius 1 is 1.42 bits per heavy atom. The summed E-state index contributed by atoms with van der Waals surface area (Å²) in [4.78, 5) is 25.4. The van der Waals surface area contributed by atoms with Crippen molar-refractivity contribution in [3.05, 3.63) is 0 Å². The third-order valence-corrected chi connectivity index (χ3v) is 4.32. The predicted molar refractivity (Wildman–Crippen MR) is 69.9 cm³/mol. The van der Waals surface area contributed by atoms with Crippen molar-refractivity contribution in [2.24, 2.45) is 5.41 Å². The lowest BCUT2D eigenvalue weighted by Gasteiger charge is -2.34. The van der Waals surface area contributed by atoms with E-state index >= 15 is 0 Å². The molecule has 5 nitrogen and oxygen atoms in total. The molecule has 5 heteroatoms. The third-order valence-electron chi connectivity index (χ3n) is 4.32. The molecule has 104 valence electrons. The lowest BCUT2D eigenvalue weighted by Crippen LogP contribution is -2.52. The van der Waals surface area contributed by atoms with Gasteiger partial charge in [0, 0.05) is 26.1 Å². The van der Waals surface area contributed by atoms with Crippen LogP contribution in [0.1, 0.15) is 44.9 Å². The number of rotatable bonds is 2. The van der Waals surface area contributed by atoms with Crippen molar-refractivity contribution in [2.45, 2.75) is 51.0 Å². The van der Waals surface area contributed by atoms with Gasteiger partial charge in [-0.2, -0.15) is 5.26 Å². The molecule has 2 fully saturated rings. The van der Waals surface area contributed by atoms with E-state index in [0.717, 1.165) is 19.3 Å². The summed E-state index contributed by atoms with van der Waals surface area (Å²) in [7, 11) is 1.75. The van der Waals surface area contributed by atoms with Gasteiger partial charge in [0.1, 0.15) is 5.41 Å². The summed E-state index contributed by atoms with van der Waals surface area (Å²) in [5.41, 5.74) is -0.835. The largest absolute Gasteiger partial charge is 0.350 e. The zero-order valence-electron chi connectivity index (χ0n) is 11.4. The Hall–Kier alpha value is -1.57. The van der Waals surface area contributed by atoms with E-state index in [2.05, 4.69) is 11.4 Å². The number of amides is 2. The predicted octanol–water partition coefficient (Wildman–Crippen LogP) is 1.20. The van der Waals surface area contributed by atoms with Gasteiger partial charge in [-0.1, -0.05) is 19.3 Å². The van der Waals surface area contributed by atoms with E-state index in [1.807, 2.05) is 0 Å². The maximum Gasteiger partial charge on any atom is 0.240 e. The molecule has 0 spiro atoms. The first-order valence-electron chi connectivity index (χ1n) is 7.03. The van der Waals surface area contributed by atoms with Crippen LogP contribution in [0.3, 0.4) is 0 Å². The molecule has 1 saturated heterocycles. The molecule has 0 bridgehead atoms. The summed E-state index contributed by atoms with van der Waals surface area (Å²) < 4.78 is 0. The maximum atomic E-state index is 12.4. The smallest absolute Gasteiger partial charge is 0.240 e. The number of likely N-dealkylation sites (N-methyl/N-ethyl adjacent to an activating group) is 1. The summed E-state index contributed by atoms with van der Waals surface area (Å²) >= 11 is 0. The average Bonchev–Trinajstić information content (AvgIpc) is 2.43. The fraction of sp³-hybridized carbons (Fsp3) is 0.786. The lowest BCUT2D eigenvalue weighted by molar-refractivity contribution is -0.136. The fourth-order valence-corrected chi connectivity index (χ4v) is 3.00. The molecule has 0 aromatic rings. The molecule has 1 saturated carbocycles. The van der Waals surface area contributed by atoms with Crippen LogP contribution in [0.25, 0.3) is 0 Å². The minimum Gasteiger partial charge on any atom is -0.350 e. The highest BCUT2D eigenvalue weighted by Gasteiger charge is 2.41. The highest BCUT2D eigenvalue weighted by atomic mass is 16.2. The van der Waals surface area contributed by atoms with Crippen molar-refractivity contribution in [1.82, 2.24) is 10.2 Å². The molecule has 0 radical (unpaired) electrons. The van der Waals surface area contributed by atoms with Crippen molar-refractivity contribution < 1.29 is 9.59 Å². The van der Waals surface area contributed by atoms with Crippen LogP contribution in [0.5, 0.6) is 0 Å². The van der Waals surface area contributed by atoms with Gasteiger partial charge < -0.3 is 10.2 Å². The molecule has 2 rings (SSSR count). The van der Waals surface area contributed by atoms with Crippen LogP contribution in [-0.2, 0) is 9.59 Å². The topological polar surface area (TPSA) is 73.2 Å². The second kappa shape index (κ2) is 5.60. The molecule has 0 aromatic carbocycles.